The van der Waals surface area contributed by atoms with Crippen molar-refractivity contribution in [2.45, 2.75) is 20.0 Å². The Morgan fingerprint density at radius 3 is 2.80 bits per heavy atom. The summed E-state index contributed by atoms with van der Waals surface area (Å²) < 4.78 is 5.57. The second kappa shape index (κ2) is 5.29. The van der Waals surface area contributed by atoms with Crippen molar-refractivity contribution in [1.29, 1.82) is 0 Å². The molecule has 0 aromatic heterocycles. The normalized spacial score (nSPS) is 10.1. The summed E-state index contributed by atoms with van der Waals surface area (Å²) in [6, 6.07) is 5.62. The van der Waals surface area contributed by atoms with Crippen LogP contribution in [-0.4, -0.2) is 12.6 Å². The highest BCUT2D eigenvalue weighted by Gasteiger charge is 2.01. The third-order valence-corrected chi connectivity index (χ3v) is 1.75. The summed E-state index contributed by atoms with van der Waals surface area (Å²) >= 11 is 0. The molecule has 0 saturated heterocycles. The molecule has 0 aliphatic rings. The molecule has 0 spiro atoms. The van der Waals surface area contributed by atoms with Gasteiger partial charge in [0.25, 0.3) is 0 Å². The minimum absolute atomic E-state index is 0.152. The largest absolute Gasteiger partial charge is 0.491 e. The van der Waals surface area contributed by atoms with Crippen molar-refractivity contribution in [1.82, 2.24) is 0 Å². The van der Waals surface area contributed by atoms with E-state index in [4.69, 9.17) is 10.5 Å². The third-order valence-electron chi connectivity index (χ3n) is 1.75. The van der Waals surface area contributed by atoms with Crippen molar-refractivity contribution >= 4 is 11.4 Å². The second-order valence-corrected chi connectivity index (χ2v) is 3.63. The van der Waals surface area contributed by atoms with Gasteiger partial charge in [0.15, 0.2) is 0 Å². The Kier molecular flexibility index (Phi) is 4.03. The van der Waals surface area contributed by atoms with Crippen molar-refractivity contribution in [3.8, 4) is 5.75 Å². The maximum atomic E-state index is 5.76. The van der Waals surface area contributed by atoms with Gasteiger partial charge in [-0.1, -0.05) is 6.08 Å². The lowest BCUT2D eigenvalue weighted by Crippen LogP contribution is -2.06. The second-order valence-electron chi connectivity index (χ2n) is 3.63. The molecule has 1 rings (SSSR count). The lowest BCUT2D eigenvalue weighted by molar-refractivity contribution is 0.242. The van der Waals surface area contributed by atoms with Gasteiger partial charge in [0.1, 0.15) is 5.75 Å². The summed E-state index contributed by atoms with van der Waals surface area (Å²) in [5.74, 6) is 0.788. The molecule has 0 radical (unpaired) electrons. The summed E-state index contributed by atoms with van der Waals surface area (Å²) in [6.45, 7) is 8.33. The molecule has 15 heavy (non-hydrogen) atoms. The quantitative estimate of drug-likeness (QED) is 0.575. The van der Waals surface area contributed by atoms with Crippen LogP contribution in [-0.2, 0) is 0 Å². The predicted octanol–water partition coefficient (Wildman–Crippen LogP) is 2.65. The first-order valence-corrected chi connectivity index (χ1v) is 5.04. The third kappa shape index (κ3) is 3.94. The minimum Gasteiger partial charge on any atom is -0.491 e. The molecule has 3 heteroatoms. The van der Waals surface area contributed by atoms with Crippen LogP contribution in [0.4, 0.5) is 11.4 Å². The Morgan fingerprint density at radius 1 is 1.47 bits per heavy atom. The number of benzene rings is 1. The Hall–Kier alpha value is -1.64. The van der Waals surface area contributed by atoms with Crippen molar-refractivity contribution in [2.24, 2.45) is 0 Å². The van der Waals surface area contributed by atoms with E-state index in [1.807, 2.05) is 32.0 Å². The summed E-state index contributed by atoms with van der Waals surface area (Å²) in [4.78, 5) is 0. The highest BCUT2D eigenvalue weighted by molar-refractivity contribution is 5.59. The van der Waals surface area contributed by atoms with E-state index in [2.05, 4.69) is 11.9 Å². The van der Waals surface area contributed by atoms with E-state index < -0.39 is 0 Å². The van der Waals surface area contributed by atoms with E-state index >= 15 is 0 Å². The van der Waals surface area contributed by atoms with E-state index in [0.717, 1.165) is 11.4 Å². The molecule has 0 heterocycles. The molecule has 3 N–H and O–H groups in total. The first-order chi connectivity index (χ1) is 7.11. The van der Waals surface area contributed by atoms with Crippen LogP contribution in [0.2, 0.25) is 0 Å². The van der Waals surface area contributed by atoms with Crippen LogP contribution in [0, 0.1) is 0 Å². The maximum absolute atomic E-state index is 5.76. The smallest absolute Gasteiger partial charge is 0.123 e. The Morgan fingerprint density at radius 2 is 2.20 bits per heavy atom. The van der Waals surface area contributed by atoms with Crippen molar-refractivity contribution in [3.05, 3.63) is 30.9 Å². The fourth-order valence-electron chi connectivity index (χ4n) is 1.25. The molecule has 0 aliphatic carbocycles. The monoisotopic (exact) mass is 206 g/mol. The van der Waals surface area contributed by atoms with Gasteiger partial charge in [0, 0.05) is 30.1 Å². The van der Waals surface area contributed by atoms with Crippen molar-refractivity contribution in [3.63, 3.8) is 0 Å². The molecule has 1 aromatic carbocycles. The summed E-state index contributed by atoms with van der Waals surface area (Å²) in [5, 5.41) is 3.17. The average molecular weight is 206 g/mol. The van der Waals surface area contributed by atoms with E-state index in [1.54, 1.807) is 6.08 Å². The predicted molar refractivity (Wildman–Crippen MR) is 65.3 cm³/mol. The topological polar surface area (TPSA) is 47.3 Å². The number of ether oxygens (including phenoxy) is 1. The molecule has 0 saturated carbocycles. The van der Waals surface area contributed by atoms with E-state index in [1.165, 1.54) is 0 Å². The lowest BCUT2D eigenvalue weighted by atomic mass is 10.2. The molecule has 1 aromatic rings. The summed E-state index contributed by atoms with van der Waals surface area (Å²) in [6.07, 6.45) is 1.95. The Labute approximate surface area is 90.9 Å². The molecule has 0 atom stereocenters. The van der Waals surface area contributed by atoms with Gasteiger partial charge in [-0.25, -0.2) is 0 Å². The maximum Gasteiger partial charge on any atom is 0.123 e. The van der Waals surface area contributed by atoms with Gasteiger partial charge in [0.2, 0.25) is 0 Å². The Bertz CT molecular complexity index is 334. The number of hydrogen-bond donors (Lipinski definition) is 2. The van der Waals surface area contributed by atoms with Crippen LogP contribution in [0.1, 0.15) is 13.8 Å². The number of hydrogen-bond acceptors (Lipinski definition) is 3. The zero-order valence-corrected chi connectivity index (χ0v) is 9.29. The van der Waals surface area contributed by atoms with Crippen LogP contribution in [0.15, 0.2) is 30.9 Å². The standard InChI is InChI=1S/C12H18N2O/c1-4-5-14-11-6-10(13)7-12(8-11)15-9(2)3/h4,6-9,14H,1,5,13H2,2-3H3. The molecule has 82 valence electrons. The fraction of sp³-hybridized carbons (Fsp3) is 0.333. The number of nitrogens with two attached hydrogens (primary N) is 1. The van der Waals surface area contributed by atoms with E-state index in [-0.39, 0.29) is 6.10 Å². The molecule has 3 nitrogen and oxygen atoms in total. The summed E-state index contributed by atoms with van der Waals surface area (Å²) in [7, 11) is 0. The van der Waals surface area contributed by atoms with Crippen molar-refractivity contribution in [2.75, 3.05) is 17.6 Å². The number of nitrogen functional groups attached to an aromatic ring is 1. The van der Waals surface area contributed by atoms with Crippen LogP contribution in [0.25, 0.3) is 0 Å². The SMILES string of the molecule is C=CCNc1cc(N)cc(OC(C)C)c1. The Balaban J connectivity index is 2.79. The van der Waals surface area contributed by atoms with E-state index in [0.29, 0.717) is 12.2 Å². The highest BCUT2D eigenvalue weighted by atomic mass is 16.5. The number of anilines is 2. The number of rotatable bonds is 5. The van der Waals surface area contributed by atoms with Gasteiger partial charge in [-0.15, -0.1) is 6.58 Å². The highest BCUT2D eigenvalue weighted by Crippen LogP contribution is 2.23. The molecule has 0 amide bonds. The fourth-order valence-corrected chi connectivity index (χ4v) is 1.25. The zero-order valence-electron chi connectivity index (χ0n) is 9.29. The molecule has 0 aliphatic heterocycles. The van der Waals surface area contributed by atoms with Gasteiger partial charge < -0.3 is 15.8 Å². The first kappa shape index (κ1) is 11.4. The van der Waals surface area contributed by atoms with Gasteiger partial charge in [-0.3, -0.25) is 0 Å². The average Bonchev–Trinajstić information content (AvgIpc) is 2.12. The lowest BCUT2D eigenvalue weighted by Gasteiger charge is -2.12. The first-order valence-electron chi connectivity index (χ1n) is 5.04. The molecule has 0 fully saturated rings. The van der Waals surface area contributed by atoms with Crippen LogP contribution < -0.4 is 15.8 Å². The van der Waals surface area contributed by atoms with Crippen molar-refractivity contribution < 1.29 is 4.74 Å². The molecule has 0 bridgehead atoms. The zero-order chi connectivity index (χ0) is 11.3. The van der Waals surface area contributed by atoms with Gasteiger partial charge in [-0.05, 0) is 19.9 Å². The van der Waals surface area contributed by atoms with Crippen LogP contribution in [0.3, 0.4) is 0 Å². The van der Waals surface area contributed by atoms with E-state index in [9.17, 15) is 0 Å². The summed E-state index contributed by atoms with van der Waals surface area (Å²) in [5.41, 5.74) is 7.40. The molecular weight excluding hydrogens is 188 g/mol. The minimum atomic E-state index is 0.152. The van der Waals surface area contributed by atoms with Gasteiger partial charge in [-0.2, -0.15) is 0 Å². The number of nitrogens with one attached hydrogen (secondary N) is 1. The molecule has 0 unspecified atom stereocenters. The van der Waals surface area contributed by atoms with Crippen LogP contribution in [0.5, 0.6) is 5.75 Å². The van der Waals surface area contributed by atoms with Gasteiger partial charge in [0.05, 0.1) is 6.10 Å². The van der Waals surface area contributed by atoms with Gasteiger partial charge >= 0.3 is 0 Å². The van der Waals surface area contributed by atoms with Crippen LogP contribution >= 0.6 is 0 Å². The molecular formula is C12H18N2O.